The summed E-state index contributed by atoms with van der Waals surface area (Å²) in [7, 11) is 0. The summed E-state index contributed by atoms with van der Waals surface area (Å²) in [6.07, 6.45) is 30.1. The van der Waals surface area contributed by atoms with Gasteiger partial charge >= 0.3 is 0 Å². The molecule has 0 N–H and O–H groups in total. The molecule has 0 bridgehead atoms. The summed E-state index contributed by atoms with van der Waals surface area (Å²) in [5.41, 5.74) is 6.15. The quantitative estimate of drug-likeness (QED) is 0.0635. The van der Waals surface area contributed by atoms with Gasteiger partial charge in [0.2, 0.25) is 0 Å². The number of carbonyl (C=O) groups is 2. The number of benzene rings is 2. The lowest BCUT2D eigenvalue weighted by atomic mass is 9.93. The minimum atomic E-state index is 0.00419. The Hall–Kier alpha value is -2.40. The van der Waals surface area contributed by atoms with Crippen molar-refractivity contribution in [3.8, 4) is 0 Å². The van der Waals surface area contributed by atoms with Gasteiger partial charge in [-0.3, -0.25) is 9.59 Å². The number of aryl methyl sites for hydroxylation is 1. The molecule has 2 amide bonds. The van der Waals surface area contributed by atoms with Crippen molar-refractivity contribution in [3.63, 3.8) is 0 Å². The van der Waals surface area contributed by atoms with Crippen LogP contribution in [-0.2, 0) is 9.59 Å². The second-order valence-corrected chi connectivity index (χ2v) is 17.7. The molecular formula is C49H75BrN2O2. The third-order valence-corrected chi connectivity index (χ3v) is 12.6. The first-order chi connectivity index (χ1) is 26.3. The van der Waals surface area contributed by atoms with Gasteiger partial charge in [-0.15, -0.1) is 0 Å². The Morgan fingerprint density at radius 2 is 0.833 bits per heavy atom. The molecule has 2 aliphatic heterocycles. The zero-order valence-corrected chi connectivity index (χ0v) is 36.7. The summed E-state index contributed by atoms with van der Waals surface area (Å²) in [4.78, 5) is 33.9. The highest BCUT2D eigenvalue weighted by molar-refractivity contribution is 9.10. The van der Waals surface area contributed by atoms with Crippen molar-refractivity contribution in [1.29, 1.82) is 0 Å². The summed E-state index contributed by atoms with van der Waals surface area (Å²) in [6.45, 7) is 12.7. The molecule has 0 aliphatic carbocycles. The van der Waals surface area contributed by atoms with Gasteiger partial charge in [-0.05, 0) is 68.2 Å². The fourth-order valence-corrected chi connectivity index (χ4v) is 9.25. The van der Waals surface area contributed by atoms with E-state index in [0.29, 0.717) is 23.0 Å². The van der Waals surface area contributed by atoms with Gasteiger partial charge in [0.15, 0.2) is 0 Å². The Morgan fingerprint density at radius 1 is 0.481 bits per heavy atom. The first-order valence-electron chi connectivity index (χ1n) is 22.6. The minimum Gasteiger partial charge on any atom is -0.307 e. The average Bonchev–Trinajstić information content (AvgIpc) is 3.57. The second-order valence-electron chi connectivity index (χ2n) is 16.8. The van der Waals surface area contributed by atoms with Crippen molar-refractivity contribution in [2.24, 2.45) is 11.8 Å². The van der Waals surface area contributed by atoms with Gasteiger partial charge < -0.3 is 9.80 Å². The van der Waals surface area contributed by atoms with Crippen LogP contribution >= 0.6 is 15.9 Å². The Bertz CT molecular complexity index is 1370. The maximum absolute atomic E-state index is 14.9. The summed E-state index contributed by atoms with van der Waals surface area (Å²) < 4.78 is 0.969. The summed E-state index contributed by atoms with van der Waals surface area (Å²) in [6, 6.07) is 12.6. The van der Waals surface area contributed by atoms with Crippen molar-refractivity contribution < 1.29 is 9.59 Å². The van der Waals surface area contributed by atoms with Crippen molar-refractivity contribution in [3.05, 3.63) is 57.6 Å². The van der Waals surface area contributed by atoms with Crippen LogP contribution in [-0.4, -0.2) is 24.9 Å². The largest absolute Gasteiger partial charge is 0.307 e. The smallest absolute Gasteiger partial charge is 0.259 e. The van der Waals surface area contributed by atoms with Crippen LogP contribution < -0.4 is 9.80 Å². The molecule has 0 fully saturated rings. The summed E-state index contributed by atoms with van der Waals surface area (Å²) >= 11 is 3.73. The number of halogens is 1. The summed E-state index contributed by atoms with van der Waals surface area (Å²) in [5, 5.41) is 0. The normalized spacial score (nSPS) is 16.4. The third kappa shape index (κ3) is 12.8. The molecule has 5 heteroatoms. The van der Waals surface area contributed by atoms with Crippen molar-refractivity contribution in [2.45, 2.75) is 189 Å². The van der Waals surface area contributed by atoms with E-state index in [2.05, 4.69) is 85.8 Å². The zero-order chi connectivity index (χ0) is 38.7. The Morgan fingerprint density at radius 3 is 1.26 bits per heavy atom. The molecule has 0 saturated carbocycles. The molecule has 2 atom stereocenters. The maximum atomic E-state index is 14.9. The molecule has 0 spiro atoms. The van der Waals surface area contributed by atoms with E-state index in [-0.39, 0.29) is 11.8 Å². The van der Waals surface area contributed by atoms with Crippen molar-refractivity contribution in [1.82, 2.24) is 0 Å². The van der Waals surface area contributed by atoms with Crippen LogP contribution in [0.1, 0.15) is 198 Å². The first kappa shape index (κ1) is 44.3. The number of fused-ring (bicyclic) bond motifs is 2. The van der Waals surface area contributed by atoms with E-state index in [1.54, 1.807) is 0 Å². The van der Waals surface area contributed by atoms with Gasteiger partial charge in [-0.25, -0.2) is 0 Å². The van der Waals surface area contributed by atoms with E-state index >= 15 is 0 Å². The monoisotopic (exact) mass is 803 g/mol. The SMILES string of the molecule is CCCCCCCCC(CCCCCC)CN1C(=O)/C(=C2/C(=O)N(CC(CCCCCC)CCCCCCCC)c3cc(Br)ccc32)c2ccc(C)cc21. The van der Waals surface area contributed by atoms with Gasteiger partial charge in [0, 0.05) is 28.7 Å². The maximum Gasteiger partial charge on any atom is 0.259 e. The minimum absolute atomic E-state index is 0.00419. The second kappa shape index (κ2) is 24.3. The first-order valence-corrected chi connectivity index (χ1v) is 23.4. The van der Waals surface area contributed by atoms with Crippen LogP contribution in [0.2, 0.25) is 0 Å². The number of rotatable bonds is 28. The lowest BCUT2D eigenvalue weighted by Gasteiger charge is -2.25. The van der Waals surface area contributed by atoms with E-state index in [0.717, 1.165) is 71.3 Å². The van der Waals surface area contributed by atoms with Crippen LogP contribution in [0, 0.1) is 18.8 Å². The van der Waals surface area contributed by atoms with Crippen molar-refractivity contribution >= 4 is 50.3 Å². The van der Waals surface area contributed by atoms with Gasteiger partial charge in [-0.1, -0.05) is 190 Å². The van der Waals surface area contributed by atoms with Crippen LogP contribution in [0.5, 0.6) is 0 Å². The standard InChI is InChI=1S/C49H75BrN2O2/c1-6-10-14-18-20-24-28-39(26-22-16-12-8-3)36-51-44-34-38(5)30-32-42(44)46(48(51)53)47-43-33-31-41(50)35-45(43)52(49(47)54)37-40(27-23-17-13-9-4)29-25-21-19-15-11-7-2/h30-35,39-40H,6-29,36-37H2,1-5H3/b47-46+. The molecule has 54 heavy (non-hydrogen) atoms. The highest BCUT2D eigenvalue weighted by atomic mass is 79.9. The molecule has 300 valence electrons. The molecule has 4 rings (SSSR count). The molecule has 2 heterocycles. The average molecular weight is 804 g/mol. The molecule has 2 aromatic rings. The predicted molar refractivity (Wildman–Crippen MR) is 237 cm³/mol. The molecule has 2 aromatic carbocycles. The Labute approximate surface area is 339 Å². The van der Waals surface area contributed by atoms with Crippen LogP contribution in [0.25, 0.3) is 11.1 Å². The number of carbonyl (C=O) groups excluding carboxylic acids is 2. The van der Waals surface area contributed by atoms with E-state index in [1.807, 2.05) is 11.0 Å². The fraction of sp³-hybridized carbons (Fsp3) is 0.673. The van der Waals surface area contributed by atoms with Gasteiger partial charge in [0.05, 0.1) is 22.5 Å². The van der Waals surface area contributed by atoms with Gasteiger partial charge in [-0.2, -0.15) is 0 Å². The van der Waals surface area contributed by atoms with E-state index in [9.17, 15) is 9.59 Å². The molecule has 0 saturated heterocycles. The van der Waals surface area contributed by atoms with Crippen LogP contribution in [0.15, 0.2) is 40.9 Å². The molecular weight excluding hydrogens is 728 g/mol. The van der Waals surface area contributed by atoms with Gasteiger partial charge in [0.1, 0.15) is 0 Å². The van der Waals surface area contributed by atoms with Crippen LogP contribution in [0.3, 0.4) is 0 Å². The lowest BCUT2D eigenvalue weighted by Crippen LogP contribution is -2.34. The van der Waals surface area contributed by atoms with E-state index in [1.165, 1.54) is 128 Å². The molecule has 0 aromatic heterocycles. The number of amides is 2. The number of unbranched alkanes of at least 4 members (excludes halogenated alkanes) is 16. The lowest BCUT2D eigenvalue weighted by molar-refractivity contribution is -0.114. The number of nitrogens with zero attached hydrogens (tertiary/aromatic N) is 2. The number of anilines is 2. The topological polar surface area (TPSA) is 40.6 Å². The Kier molecular flexibility index (Phi) is 19.9. The van der Waals surface area contributed by atoms with Crippen LogP contribution in [0.4, 0.5) is 11.4 Å². The highest BCUT2D eigenvalue weighted by Gasteiger charge is 2.43. The van der Waals surface area contributed by atoms with E-state index < -0.39 is 0 Å². The third-order valence-electron chi connectivity index (χ3n) is 12.1. The zero-order valence-electron chi connectivity index (χ0n) is 35.1. The molecule has 2 unspecified atom stereocenters. The van der Waals surface area contributed by atoms with Gasteiger partial charge in [0.25, 0.3) is 11.8 Å². The number of hydrogen-bond donors (Lipinski definition) is 0. The molecule has 4 nitrogen and oxygen atoms in total. The molecule has 2 aliphatic rings. The summed E-state index contributed by atoms with van der Waals surface area (Å²) in [5.74, 6) is 0.933. The highest BCUT2D eigenvalue weighted by Crippen LogP contribution is 2.48. The Balaban J connectivity index is 1.63. The fourth-order valence-electron chi connectivity index (χ4n) is 8.90. The number of hydrogen-bond acceptors (Lipinski definition) is 2. The van der Waals surface area contributed by atoms with E-state index in [4.69, 9.17) is 0 Å². The van der Waals surface area contributed by atoms with Crippen molar-refractivity contribution in [2.75, 3.05) is 22.9 Å². The predicted octanol–water partition coefficient (Wildman–Crippen LogP) is 15.0. The molecule has 0 radical (unpaired) electrons.